The molecule has 1 aromatic heterocycles. The zero-order valence-electron chi connectivity index (χ0n) is 10.4. The molecule has 2 rings (SSSR count). The van der Waals surface area contributed by atoms with E-state index in [9.17, 15) is 18.6 Å². The van der Waals surface area contributed by atoms with Crippen molar-refractivity contribution in [3.8, 4) is 22.8 Å². The molecule has 0 saturated carbocycles. The lowest BCUT2D eigenvalue weighted by Crippen LogP contribution is -2.14. The summed E-state index contributed by atoms with van der Waals surface area (Å²) in [6, 6.07) is 6.49. The molecule has 3 N–H and O–H groups in total. The Hall–Kier alpha value is -1.86. The van der Waals surface area contributed by atoms with Crippen molar-refractivity contribution >= 4 is 27.5 Å². The van der Waals surface area contributed by atoms with Crippen LogP contribution >= 0.6 is 11.6 Å². The molecule has 0 aliphatic heterocycles. The summed E-state index contributed by atoms with van der Waals surface area (Å²) in [5.41, 5.74) is 0.337. The van der Waals surface area contributed by atoms with Crippen LogP contribution < -0.4 is 4.72 Å². The van der Waals surface area contributed by atoms with Crippen LogP contribution in [0.4, 0.5) is 5.88 Å². The normalized spacial score (nSPS) is 11.5. The molecular weight excluding hydrogens is 306 g/mol. The van der Waals surface area contributed by atoms with Gasteiger partial charge in [0.05, 0.1) is 10.8 Å². The number of hydrogen-bond acceptors (Lipinski definition) is 5. The van der Waals surface area contributed by atoms with Crippen molar-refractivity contribution in [2.24, 2.45) is 0 Å². The number of nitrogens with one attached hydrogen (secondary N) is 1. The Morgan fingerprint density at radius 2 is 1.90 bits per heavy atom. The van der Waals surface area contributed by atoms with Gasteiger partial charge in [-0.2, -0.15) is 0 Å². The molecule has 0 aliphatic carbocycles. The molecule has 0 bridgehead atoms. The topological polar surface area (TPSA) is 99.8 Å². The van der Waals surface area contributed by atoms with E-state index >= 15 is 0 Å². The molecule has 0 aliphatic rings. The van der Waals surface area contributed by atoms with Crippen LogP contribution in [0.1, 0.15) is 6.92 Å². The van der Waals surface area contributed by atoms with Gasteiger partial charge in [-0.1, -0.05) is 23.7 Å². The molecular formula is C12H12ClNO5S. The molecule has 2 aromatic rings. The van der Waals surface area contributed by atoms with E-state index in [0.29, 0.717) is 10.6 Å². The van der Waals surface area contributed by atoms with Crippen molar-refractivity contribution in [2.45, 2.75) is 6.92 Å². The highest BCUT2D eigenvalue weighted by atomic mass is 35.5. The van der Waals surface area contributed by atoms with Crippen LogP contribution in [0.25, 0.3) is 11.3 Å². The molecule has 1 aromatic carbocycles. The number of benzene rings is 1. The number of rotatable bonds is 4. The summed E-state index contributed by atoms with van der Waals surface area (Å²) in [5, 5.41) is 19.8. The van der Waals surface area contributed by atoms with E-state index in [-0.39, 0.29) is 11.5 Å². The molecule has 20 heavy (non-hydrogen) atoms. The van der Waals surface area contributed by atoms with Gasteiger partial charge < -0.3 is 14.6 Å². The van der Waals surface area contributed by atoms with Crippen LogP contribution in [0.5, 0.6) is 11.5 Å². The molecule has 0 atom stereocenters. The third-order valence-corrected chi connectivity index (χ3v) is 4.19. The molecule has 1 heterocycles. The fraction of sp³-hybridized carbons (Fsp3) is 0.167. The van der Waals surface area contributed by atoms with Crippen LogP contribution in [-0.4, -0.2) is 24.4 Å². The zero-order chi connectivity index (χ0) is 14.9. The van der Waals surface area contributed by atoms with Gasteiger partial charge in [-0.3, -0.25) is 0 Å². The van der Waals surface area contributed by atoms with Crippen molar-refractivity contribution in [3.05, 3.63) is 29.3 Å². The van der Waals surface area contributed by atoms with E-state index in [1.54, 1.807) is 24.3 Å². The predicted octanol–water partition coefficient (Wildman–Crippen LogP) is 2.77. The standard InChI is InChI=1S/C12H12ClNO5S/c1-2-20(17,18)14-12-10(16)9(15)11(19-12)7-5-3-4-6-8(7)13/h3-6,14-16H,2H2,1H3. The van der Waals surface area contributed by atoms with Crippen LogP contribution in [0, 0.1) is 0 Å². The lowest BCUT2D eigenvalue weighted by Gasteiger charge is -2.02. The highest BCUT2D eigenvalue weighted by molar-refractivity contribution is 7.92. The number of furan rings is 1. The average Bonchev–Trinajstić information content (AvgIpc) is 2.67. The first-order chi connectivity index (χ1) is 9.35. The van der Waals surface area contributed by atoms with Crippen molar-refractivity contribution < 1.29 is 23.0 Å². The summed E-state index contributed by atoms with van der Waals surface area (Å²) < 4.78 is 30.1. The van der Waals surface area contributed by atoms with Gasteiger partial charge in [0.25, 0.3) is 5.88 Å². The van der Waals surface area contributed by atoms with E-state index in [0.717, 1.165) is 0 Å². The maximum atomic E-state index is 11.5. The lowest BCUT2D eigenvalue weighted by molar-refractivity contribution is 0.410. The average molecular weight is 318 g/mol. The molecule has 8 heteroatoms. The van der Waals surface area contributed by atoms with Gasteiger partial charge in [0.1, 0.15) is 0 Å². The summed E-state index contributed by atoms with van der Waals surface area (Å²) in [7, 11) is -3.64. The number of sulfonamides is 1. The minimum absolute atomic E-state index is 0.109. The predicted molar refractivity (Wildman–Crippen MR) is 75.6 cm³/mol. The second kappa shape index (κ2) is 5.26. The monoisotopic (exact) mass is 317 g/mol. The number of hydrogen-bond donors (Lipinski definition) is 3. The quantitative estimate of drug-likeness (QED) is 0.805. The Labute approximate surface area is 120 Å². The Kier molecular flexibility index (Phi) is 3.82. The zero-order valence-corrected chi connectivity index (χ0v) is 12.0. The maximum Gasteiger partial charge on any atom is 0.253 e. The minimum atomic E-state index is -3.64. The molecule has 0 saturated heterocycles. The van der Waals surface area contributed by atoms with Crippen molar-refractivity contribution in [2.75, 3.05) is 10.5 Å². The number of aromatic hydroxyl groups is 2. The fourth-order valence-corrected chi connectivity index (χ4v) is 2.31. The summed E-state index contributed by atoms with van der Waals surface area (Å²) >= 11 is 5.96. The van der Waals surface area contributed by atoms with Crippen LogP contribution in [0.15, 0.2) is 28.7 Å². The van der Waals surface area contributed by atoms with E-state index in [1.165, 1.54) is 6.92 Å². The second-order valence-electron chi connectivity index (χ2n) is 3.94. The van der Waals surface area contributed by atoms with Crippen molar-refractivity contribution in [1.82, 2.24) is 0 Å². The van der Waals surface area contributed by atoms with Gasteiger partial charge in [0, 0.05) is 5.56 Å². The summed E-state index contributed by atoms with van der Waals surface area (Å²) in [6.07, 6.45) is 0. The molecule has 0 radical (unpaired) electrons. The van der Waals surface area contributed by atoms with Crippen LogP contribution in [-0.2, 0) is 10.0 Å². The summed E-state index contributed by atoms with van der Waals surface area (Å²) in [4.78, 5) is 0. The highest BCUT2D eigenvalue weighted by Crippen LogP contribution is 2.47. The van der Waals surface area contributed by atoms with E-state index in [2.05, 4.69) is 0 Å². The first kappa shape index (κ1) is 14.5. The molecule has 0 fully saturated rings. The molecule has 6 nitrogen and oxygen atoms in total. The minimum Gasteiger partial charge on any atom is -0.502 e. The number of halogens is 1. The third kappa shape index (κ3) is 2.68. The molecule has 0 spiro atoms. The van der Waals surface area contributed by atoms with Gasteiger partial charge in [0.2, 0.25) is 21.5 Å². The first-order valence-electron chi connectivity index (χ1n) is 5.66. The Morgan fingerprint density at radius 1 is 1.25 bits per heavy atom. The van der Waals surface area contributed by atoms with Gasteiger partial charge in [-0.05, 0) is 19.1 Å². The van der Waals surface area contributed by atoms with Crippen LogP contribution in [0.3, 0.4) is 0 Å². The first-order valence-corrected chi connectivity index (χ1v) is 7.69. The van der Waals surface area contributed by atoms with E-state index < -0.39 is 27.4 Å². The molecule has 0 amide bonds. The maximum absolute atomic E-state index is 11.5. The smallest absolute Gasteiger partial charge is 0.253 e. The Balaban J connectivity index is 2.51. The fourth-order valence-electron chi connectivity index (χ4n) is 1.52. The van der Waals surface area contributed by atoms with E-state index in [4.69, 9.17) is 16.0 Å². The van der Waals surface area contributed by atoms with Crippen molar-refractivity contribution in [3.63, 3.8) is 0 Å². The molecule has 108 valence electrons. The van der Waals surface area contributed by atoms with Gasteiger partial charge in [0.15, 0.2) is 5.76 Å². The Bertz CT molecular complexity index is 738. The summed E-state index contributed by atoms with van der Waals surface area (Å²) in [6.45, 7) is 1.43. The largest absolute Gasteiger partial charge is 0.502 e. The summed E-state index contributed by atoms with van der Waals surface area (Å²) in [5.74, 6) is -2.01. The Morgan fingerprint density at radius 3 is 2.50 bits per heavy atom. The second-order valence-corrected chi connectivity index (χ2v) is 6.36. The van der Waals surface area contributed by atoms with Gasteiger partial charge in [-0.15, -0.1) is 0 Å². The number of anilines is 1. The highest BCUT2D eigenvalue weighted by Gasteiger charge is 2.24. The third-order valence-electron chi connectivity index (χ3n) is 2.61. The van der Waals surface area contributed by atoms with E-state index in [1.807, 2.05) is 4.72 Å². The van der Waals surface area contributed by atoms with Crippen molar-refractivity contribution in [1.29, 1.82) is 0 Å². The molecule has 0 unspecified atom stereocenters. The SMILES string of the molecule is CCS(=O)(=O)Nc1oc(-c2ccccc2Cl)c(O)c1O. The van der Waals surface area contributed by atoms with Gasteiger partial charge in [-0.25, -0.2) is 13.1 Å². The lowest BCUT2D eigenvalue weighted by atomic mass is 10.1. The van der Waals surface area contributed by atoms with Crippen LogP contribution in [0.2, 0.25) is 5.02 Å². The van der Waals surface area contributed by atoms with Gasteiger partial charge >= 0.3 is 0 Å².